The Kier molecular flexibility index (Phi) is 3.28. The quantitative estimate of drug-likeness (QED) is 0.242. The van der Waals surface area contributed by atoms with E-state index >= 15 is 0 Å². The third kappa shape index (κ3) is 2.35. The Labute approximate surface area is 84.1 Å². The zero-order chi connectivity index (χ0) is 10.6. The summed E-state index contributed by atoms with van der Waals surface area (Å²) < 4.78 is 4.77. The normalized spacial score (nSPS) is 9.00. The van der Waals surface area contributed by atoms with Crippen LogP contribution < -0.4 is 4.74 Å². The highest BCUT2D eigenvalue weighted by atomic mass is 35.5. The fourth-order valence-electron chi connectivity index (χ4n) is 0.746. The Morgan fingerprint density at radius 2 is 2.43 bits per heavy atom. The van der Waals surface area contributed by atoms with Gasteiger partial charge in [0.25, 0.3) is 5.78 Å². The lowest BCUT2D eigenvalue weighted by Crippen LogP contribution is -2.05. The van der Waals surface area contributed by atoms with Crippen molar-refractivity contribution in [2.75, 3.05) is 7.11 Å². The van der Waals surface area contributed by atoms with Crippen LogP contribution in [0.2, 0.25) is 5.28 Å². The zero-order valence-corrected chi connectivity index (χ0v) is 7.89. The molecule has 1 heterocycles. The Morgan fingerprint density at radius 1 is 1.71 bits per heavy atom. The van der Waals surface area contributed by atoms with Gasteiger partial charge in [-0.15, -0.1) is 0 Å². The zero-order valence-electron chi connectivity index (χ0n) is 7.14. The molecular formula is C7H5ClN4O2. The lowest BCUT2D eigenvalue weighted by atomic mass is 10.3. The predicted octanol–water partition coefficient (Wildman–Crippen LogP) is 0.622. The van der Waals surface area contributed by atoms with Crippen molar-refractivity contribution in [3.63, 3.8) is 0 Å². The number of carbonyl (C=O) groups excluding carboxylic acids is 1. The summed E-state index contributed by atoms with van der Waals surface area (Å²) in [5, 5.41) is -0.112. The first kappa shape index (κ1) is 10.3. The Bertz CT molecular complexity index is 414. The van der Waals surface area contributed by atoms with Gasteiger partial charge in [0, 0.05) is 6.07 Å². The minimum absolute atomic E-state index is 0.000324. The van der Waals surface area contributed by atoms with E-state index in [-0.39, 0.29) is 16.9 Å². The summed E-state index contributed by atoms with van der Waals surface area (Å²) in [6.07, 6.45) is 0.706. The number of aromatic nitrogens is 2. The summed E-state index contributed by atoms with van der Waals surface area (Å²) in [7, 11) is 1.38. The Hall–Kier alpha value is -1.78. The Balaban J connectivity index is 3.14. The van der Waals surface area contributed by atoms with E-state index in [1.165, 1.54) is 13.2 Å². The van der Waals surface area contributed by atoms with E-state index in [9.17, 15) is 4.79 Å². The monoisotopic (exact) mass is 212 g/mol. The number of ether oxygens (including phenoxy) is 1. The minimum atomic E-state index is -0.588. The number of hydrogen-bond acceptors (Lipinski definition) is 4. The molecule has 72 valence electrons. The molecule has 0 saturated heterocycles. The molecule has 6 nitrogen and oxygen atoms in total. The van der Waals surface area contributed by atoms with Gasteiger partial charge in [0.2, 0.25) is 11.2 Å². The summed E-state index contributed by atoms with van der Waals surface area (Å²) in [6.45, 7) is 0. The summed E-state index contributed by atoms with van der Waals surface area (Å²) in [5.41, 5.74) is 8.13. The average molecular weight is 213 g/mol. The van der Waals surface area contributed by atoms with Crippen molar-refractivity contribution < 1.29 is 14.3 Å². The lowest BCUT2D eigenvalue weighted by molar-refractivity contribution is 0.00229. The summed E-state index contributed by atoms with van der Waals surface area (Å²) in [4.78, 5) is 21.0. The molecule has 0 spiro atoms. The summed E-state index contributed by atoms with van der Waals surface area (Å²) in [5.74, 6) is -0.421. The first-order chi connectivity index (χ1) is 6.67. The Morgan fingerprint density at radius 3 is 3.00 bits per heavy atom. The van der Waals surface area contributed by atoms with Crippen LogP contribution in [0.1, 0.15) is 10.5 Å². The fourth-order valence-corrected chi connectivity index (χ4v) is 0.921. The van der Waals surface area contributed by atoms with Gasteiger partial charge >= 0.3 is 6.21 Å². The highest BCUT2D eigenvalue weighted by molar-refractivity contribution is 6.33. The van der Waals surface area contributed by atoms with Crippen molar-refractivity contribution in [2.45, 2.75) is 0 Å². The van der Waals surface area contributed by atoms with Crippen molar-refractivity contribution in [1.82, 2.24) is 9.97 Å². The van der Waals surface area contributed by atoms with Crippen molar-refractivity contribution in [3.05, 3.63) is 22.6 Å². The molecule has 1 aromatic heterocycles. The van der Waals surface area contributed by atoms with Gasteiger partial charge in [0.05, 0.1) is 7.11 Å². The van der Waals surface area contributed by atoms with Crippen LogP contribution in [-0.4, -0.2) is 33.9 Å². The molecule has 0 radical (unpaired) electrons. The highest BCUT2D eigenvalue weighted by Gasteiger charge is 2.12. The number of Topliss-reactive ketones (excluding diaryl/α,β-unsaturated/α-hetero) is 1. The van der Waals surface area contributed by atoms with Crippen molar-refractivity contribution >= 4 is 23.6 Å². The molecule has 7 heteroatoms. The molecule has 0 aromatic carbocycles. The first-order valence-electron chi connectivity index (χ1n) is 3.47. The largest absolute Gasteiger partial charge is 0.481 e. The number of nitrogens with zero attached hydrogens (tertiary/aromatic N) is 4. The third-order valence-corrected chi connectivity index (χ3v) is 1.48. The van der Waals surface area contributed by atoms with Crippen LogP contribution in [0.5, 0.6) is 5.88 Å². The first-order valence-corrected chi connectivity index (χ1v) is 3.85. The number of hydrogen-bond donors (Lipinski definition) is 0. The van der Waals surface area contributed by atoms with Gasteiger partial charge in [-0.25, -0.2) is 4.98 Å². The summed E-state index contributed by atoms with van der Waals surface area (Å²) >= 11 is 5.51. The molecule has 1 aromatic rings. The van der Waals surface area contributed by atoms with E-state index in [2.05, 4.69) is 14.8 Å². The van der Waals surface area contributed by atoms with Crippen LogP contribution in [0.3, 0.4) is 0 Å². The van der Waals surface area contributed by atoms with Gasteiger partial charge in [0.1, 0.15) is 5.69 Å². The maximum Gasteiger partial charge on any atom is 0.329 e. The lowest BCUT2D eigenvalue weighted by Gasteiger charge is -1.99. The molecule has 0 saturated carbocycles. The van der Waals surface area contributed by atoms with Gasteiger partial charge in [0.15, 0.2) is 0 Å². The maximum atomic E-state index is 11.2. The second-order valence-electron chi connectivity index (χ2n) is 2.17. The second kappa shape index (κ2) is 4.45. The standard InChI is InChI=1S/C7H5ClN4O2/c1-14-6-2-4(5(13)3-10-9)11-7(8)12-6/h2-3H,1H3. The third-order valence-electron chi connectivity index (χ3n) is 1.31. The van der Waals surface area contributed by atoms with Crippen LogP contribution in [0.4, 0.5) is 0 Å². The molecule has 0 aliphatic heterocycles. The smallest absolute Gasteiger partial charge is 0.329 e. The van der Waals surface area contributed by atoms with Crippen LogP contribution in [0.25, 0.3) is 5.53 Å². The SMILES string of the molecule is COc1cc(C(=O)C=[N+]=[N-])nc(Cl)n1. The molecule has 0 unspecified atom stereocenters. The second-order valence-corrected chi connectivity index (χ2v) is 2.51. The molecule has 0 atom stereocenters. The van der Waals surface area contributed by atoms with Gasteiger partial charge in [-0.3, -0.25) is 4.79 Å². The van der Waals surface area contributed by atoms with Crippen molar-refractivity contribution in [2.24, 2.45) is 0 Å². The average Bonchev–Trinajstić information content (AvgIpc) is 2.17. The van der Waals surface area contributed by atoms with Crippen molar-refractivity contribution in [3.8, 4) is 5.88 Å². The molecule has 0 aliphatic carbocycles. The van der Waals surface area contributed by atoms with E-state index < -0.39 is 5.78 Å². The molecule has 0 amide bonds. The van der Waals surface area contributed by atoms with Crippen LogP contribution in [-0.2, 0) is 0 Å². The number of halogens is 1. The van der Waals surface area contributed by atoms with Gasteiger partial charge in [-0.05, 0) is 11.6 Å². The van der Waals surface area contributed by atoms with Gasteiger partial charge in [-0.2, -0.15) is 9.77 Å². The molecule has 0 fully saturated rings. The van der Waals surface area contributed by atoms with E-state index in [1.54, 1.807) is 0 Å². The van der Waals surface area contributed by atoms with Crippen molar-refractivity contribution in [1.29, 1.82) is 0 Å². The molecular weight excluding hydrogens is 208 g/mol. The topological polar surface area (TPSA) is 88.5 Å². The molecule has 14 heavy (non-hydrogen) atoms. The predicted molar refractivity (Wildman–Crippen MR) is 47.6 cm³/mol. The van der Waals surface area contributed by atoms with Crippen LogP contribution in [0.15, 0.2) is 6.07 Å². The van der Waals surface area contributed by atoms with E-state index in [0.29, 0.717) is 6.21 Å². The maximum absolute atomic E-state index is 11.2. The van der Waals surface area contributed by atoms with Crippen LogP contribution >= 0.6 is 11.6 Å². The van der Waals surface area contributed by atoms with E-state index in [0.717, 1.165) is 0 Å². The minimum Gasteiger partial charge on any atom is -0.481 e. The van der Waals surface area contributed by atoms with Crippen LogP contribution in [0, 0.1) is 0 Å². The van der Waals surface area contributed by atoms with E-state index in [4.69, 9.17) is 21.9 Å². The fraction of sp³-hybridized carbons (Fsp3) is 0.143. The number of carbonyl (C=O) groups is 1. The molecule has 0 N–H and O–H groups in total. The van der Waals surface area contributed by atoms with E-state index in [1.807, 2.05) is 0 Å². The number of ketones is 1. The molecule has 0 bridgehead atoms. The number of methoxy groups -OCH3 is 1. The van der Waals surface area contributed by atoms with Gasteiger partial charge < -0.3 is 10.3 Å². The highest BCUT2D eigenvalue weighted by Crippen LogP contribution is 2.11. The number of rotatable bonds is 3. The molecule has 0 aliphatic rings. The molecule has 1 rings (SSSR count). The van der Waals surface area contributed by atoms with Gasteiger partial charge in [-0.1, -0.05) is 0 Å². The summed E-state index contributed by atoms with van der Waals surface area (Å²) in [6, 6.07) is 1.29.